The molecule has 126 valence electrons. The van der Waals surface area contributed by atoms with Gasteiger partial charge in [0.15, 0.2) is 5.69 Å². The highest BCUT2D eigenvalue weighted by Crippen LogP contribution is 2.32. The van der Waals surface area contributed by atoms with Crippen molar-refractivity contribution in [2.24, 2.45) is 5.73 Å². The fourth-order valence-corrected chi connectivity index (χ4v) is 3.44. The summed E-state index contributed by atoms with van der Waals surface area (Å²) in [5, 5.41) is 11.2. The standard InChI is InChI=1S/C17H21N5O2/c18-11-5-7-12(8-6-11)22-9-14(20-21-22)17(23)19-15-10-24-16-4-2-1-3-13(15)16/h1-4,9,11-12,15H,5-8,10,18H2,(H,19,23)/t11?,12?,15-/m0/s1. The van der Waals surface area contributed by atoms with Crippen molar-refractivity contribution >= 4 is 5.91 Å². The zero-order valence-corrected chi connectivity index (χ0v) is 13.4. The molecule has 7 heteroatoms. The molecule has 0 radical (unpaired) electrons. The minimum atomic E-state index is -0.223. The van der Waals surface area contributed by atoms with E-state index in [1.807, 2.05) is 24.3 Å². The fourth-order valence-electron chi connectivity index (χ4n) is 3.44. The van der Waals surface area contributed by atoms with Crippen LogP contribution in [-0.4, -0.2) is 33.5 Å². The number of para-hydroxylation sites is 1. The normalized spacial score (nSPS) is 25.8. The molecule has 0 bridgehead atoms. The first kappa shape index (κ1) is 15.1. The predicted molar refractivity (Wildman–Crippen MR) is 87.6 cm³/mol. The number of benzene rings is 1. The van der Waals surface area contributed by atoms with Crippen LogP contribution < -0.4 is 15.8 Å². The van der Waals surface area contributed by atoms with Crippen LogP contribution >= 0.6 is 0 Å². The first-order valence-electron chi connectivity index (χ1n) is 8.40. The summed E-state index contributed by atoms with van der Waals surface area (Å²) in [6, 6.07) is 8.17. The molecule has 1 atom stereocenters. The molecule has 2 aromatic rings. The van der Waals surface area contributed by atoms with Crippen LogP contribution in [0.15, 0.2) is 30.5 Å². The Morgan fingerprint density at radius 2 is 2.04 bits per heavy atom. The molecule has 4 rings (SSSR count). The van der Waals surface area contributed by atoms with Crippen molar-refractivity contribution in [3.8, 4) is 5.75 Å². The number of aromatic nitrogens is 3. The summed E-state index contributed by atoms with van der Waals surface area (Å²) in [4.78, 5) is 12.5. The number of hydrogen-bond donors (Lipinski definition) is 2. The SMILES string of the molecule is NC1CCC(n2cc(C(=O)N[C@H]3COc4ccccc43)nn2)CC1. The first-order valence-corrected chi connectivity index (χ1v) is 8.40. The van der Waals surface area contributed by atoms with Gasteiger partial charge in [-0.15, -0.1) is 5.10 Å². The number of hydrogen-bond acceptors (Lipinski definition) is 5. The number of nitrogens with zero attached hydrogens (tertiary/aromatic N) is 3. The number of carbonyl (C=O) groups is 1. The van der Waals surface area contributed by atoms with Gasteiger partial charge >= 0.3 is 0 Å². The van der Waals surface area contributed by atoms with Gasteiger partial charge in [-0.2, -0.15) is 0 Å². The summed E-state index contributed by atoms with van der Waals surface area (Å²) in [7, 11) is 0. The average molecular weight is 327 g/mol. The molecule has 0 unspecified atom stereocenters. The number of carbonyl (C=O) groups excluding carboxylic acids is 1. The van der Waals surface area contributed by atoms with E-state index in [-0.39, 0.29) is 24.0 Å². The quantitative estimate of drug-likeness (QED) is 0.892. The molecule has 2 aliphatic rings. The van der Waals surface area contributed by atoms with Gasteiger partial charge in [0.05, 0.1) is 18.3 Å². The Balaban J connectivity index is 1.43. The van der Waals surface area contributed by atoms with Crippen molar-refractivity contribution in [1.82, 2.24) is 20.3 Å². The second-order valence-corrected chi connectivity index (χ2v) is 6.53. The van der Waals surface area contributed by atoms with Crippen LogP contribution in [-0.2, 0) is 0 Å². The van der Waals surface area contributed by atoms with Gasteiger partial charge in [0.25, 0.3) is 5.91 Å². The summed E-state index contributed by atoms with van der Waals surface area (Å²) in [5.41, 5.74) is 7.28. The Labute approximate surface area is 140 Å². The molecule has 0 saturated heterocycles. The molecule has 1 aliphatic carbocycles. The van der Waals surface area contributed by atoms with Gasteiger partial charge in [-0.3, -0.25) is 4.79 Å². The monoisotopic (exact) mass is 327 g/mol. The smallest absolute Gasteiger partial charge is 0.274 e. The first-order chi connectivity index (χ1) is 11.7. The fraction of sp³-hybridized carbons (Fsp3) is 0.471. The highest BCUT2D eigenvalue weighted by Gasteiger charge is 2.27. The highest BCUT2D eigenvalue weighted by atomic mass is 16.5. The molecule has 0 spiro atoms. The van der Waals surface area contributed by atoms with Crippen LogP contribution in [0.3, 0.4) is 0 Å². The Bertz CT molecular complexity index is 736. The van der Waals surface area contributed by atoms with Crippen molar-refractivity contribution in [1.29, 1.82) is 0 Å². The predicted octanol–water partition coefficient (Wildman–Crippen LogP) is 1.58. The Hall–Kier alpha value is -2.41. The van der Waals surface area contributed by atoms with Gasteiger partial charge < -0.3 is 15.8 Å². The largest absolute Gasteiger partial charge is 0.491 e. The molecular weight excluding hydrogens is 306 g/mol. The molecule has 7 nitrogen and oxygen atoms in total. The third kappa shape index (κ3) is 2.87. The number of ether oxygens (including phenoxy) is 1. The van der Waals surface area contributed by atoms with E-state index >= 15 is 0 Å². The summed E-state index contributed by atoms with van der Waals surface area (Å²) in [6.45, 7) is 0.444. The van der Waals surface area contributed by atoms with Crippen molar-refractivity contribution in [2.45, 2.75) is 43.8 Å². The average Bonchev–Trinajstić information content (AvgIpc) is 3.23. The lowest BCUT2D eigenvalue weighted by molar-refractivity contribution is 0.0925. The molecule has 1 fully saturated rings. The highest BCUT2D eigenvalue weighted by molar-refractivity contribution is 5.92. The van der Waals surface area contributed by atoms with E-state index < -0.39 is 0 Å². The molecule has 1 aromatic carbocycles. The van der Waals surface area contributed by atoms with Crippen LogP contribution in [0.5, 0.6) is 5.75 Å². The lowest BCUT2D eigenvalue weighted by Gasteiger charge is -2.25. The van der Waals surface area contributed by atoms with Gasteiger partial charge in [0.2, 0.25) is 0 Å². The van der Waals surface area contributed by atoms with Gasteiger partial charge in [-0.05, 0) is 31.7 Å². The molecular formula is C17H21N5O2. The van der Waals surface area contributed by atoms with Gasteiger partial charge in [0, 0.05) is 11.6 Å². The lowest BCUT2D eigenvalue weighted by Crippen LogP contribution is -2.29. The minimum absolute atomic E-state index is 0.147. The zero-order chi connectivity index (χ0) is 16.5. The van der Waals surface area contributed by atoms with Gasteiger partial charge in [0.1, 0.15) is 12.4 Å². The Morgan fingerprint density at radius 1 is 1.25 bits per heavy atom. The minimum Gasteiger partial charge on any atom is -0.491 e. The summed E-state index contributed by atoms with van der Waals surface area (Å²) in [6.07, 6.45) is 5.67. The third-order valence-corrected chi connectivity index (χ3v) is 4.86. The number of rotatable bonds is 3. The maximum absolute atomic E-state index is 12.5. The van der Waals surface area contributed by atoms with Crippen molar-refractivity contribution in [3.63, 3.8) is 0 Å². The second kappa shape index (κ2) is 6.24. The molecule has 1 amide bonds. The maximum atomic E-state index is 12.5. The van der Waals surface area contributed by atoms with Crippen LogP contribution in [0.25, 0.3) is 0 Å². The summed E-state index contributed by atoms with van der Waals surface area (Å²) in [5.74, 6) is 0.601. The van der Waals surface area contributed by atoms with Crippen molar-refractivity contribution in [2.75, 3.05) is 6.61 Å². The molecule has 3 N–H and O–H groups in total. The number of fused-ring (bicyclic) bond motifs is 1. The summed E-state index contributed by atoms with van der Waals surface area (Å²) < 4.78 is 7.40. The second-order valence-electron chi connectivity index (χ2n) is 6.53. The Morgan fingerprint density at radius 3 is 2.88 bits per heavy atom. The molecule has 1 saturated carbocycles. The Kier molecular flexibility index (Phi) is 3.93. The van der Waals surface area contributed by atoms with E-state index in [4.69, 9.17) is 10.5 Å². The molecule has 2 heterocycles. The molecule has 1 aliphatic heterocycles. The van der Waals surface area contributed by atoms with Crippen LogP contribution in [0.1, 0.15) is 53.8 Å². The van der Waals surface area contributed by atoms with E-state index in [1.165, 1.54) is 0 Å². The third-order valence-electron chi connectivity index (χ3n) is 4.86. The van der Waals surface area contributed by atoms with Crippen LogP contribution in [0.4, 0.5) is 0 Å². The van der Waals surface area contributed by atoms with Gasteiger partial charge in [-0.25, -0.2) is 4.68 Å². The molecule has 1 aromatic heterocycles. The van der Waals surface area contributed by atoms with Crippen LogP contribution in [0, 0.1) is 0 Å². The number of nitrogens with one attached hydrogen (secondary N) is 1. The van der Waals surface area contributed by atoms with Crippen molar-refractivity contribution in [3.05, 3.63) is 41.7 Å². The molecule has 24 heavy (non-hydrogen) atoms. The zero-order valence-electron chi connectivity index (χ0n) is 13.4. The van der Waals surface area contributed by atoms with E-state index in [0.29, 0.717) is 12.3 Å². The van der Waals surface area contributed by atoms with E-state index in [2.05, 4.69) is 15.6 Å². The van der Waals surface area contributed by atoms with Crippen LogP contribution in [0.2, 0.25) is 0 Å². The van der Waals surface area contributed by atoms with E-state index in [9.17, 15) is 4.79 Å². The van der Waals surface area contributed by atoms with Crippen molar-refractivity contribution < 1.29 is 9.53 Å². The topological polar surface area (TPSA) is 95.1 Å². The van der Waals surface area contributed by atoms with Gasteiger partial charge in [-0.1, -0.05) is 23.4 Å². The number of amides is 1. The maximum Gasteiger partial charge on any atom is 0.274 e. The number of nitrogens with two attached hydrogens (primary N) is 1. The van der Waals surface area contributed by atoms with E-state index in [1.54, 1.807) is 10.9 Å². The lowest BCUT2D eigenvalue weighted by atomic mass is 9.92. The summed E-state index contributed by atoms with van der Waals surface area (Å²) >= 11 is 0. The van der Waals surface area contributed by atoms with E-state index in [0.717, 1.165) is 37.0 Å².